The summed E-state index contributed by atoms with van der Waals surface area (Å²) < 4.78 is 0. The molecule has 0 fully saturated rings. The Labute approximate surface area is 83.9 Å². The van der Waals surface area contributed by atoms with Crippen LogP contribution in [-0.2, 0) is 0 Å². The molecule has 0 unspecified atom stereocenters. The smallest absolute Gasteiger partial charge is 0.323 e. The number of nitrogens with zero attached hydrogens (tertiary/aromatic N) is 2. The summed E-state index contributed by atoms with van der Waals surface area (Å²) in [6.07, 6.45) is 0. The van der Waals surface area contributed by atoms with Crippen LogP contribution in [0.4, 0.5) is 16.2 Å². The van der Waals surface area contributed by atoms with Gasteiger partial charge in [-0.05, 0) is 24.3 Å². The molecule has 0 aliphatic carbocycles. The highest BCUT2D eigenvalue weighted by Crippen LogP contribution is 2.15. The van der Waals surface area contributed by atoms with E-state index >= 15 is 0 Å². The number of benzene rings is 1. The molecule has 0 aliphatic rings. The minimum Gasteiger partial charge on any atom is -0.399 e. The van der Waals surface area contributed by atoms with Crippen LogP contribution in [0.25, 0.3) is 0 Å². The molecule has 0 saturated heterocycles. The lowest BCUT2D eigenvalue weighted by Gasteiger charge is -2.21. The molecular weight excluding hydrogens is 178 g/mol. The van der Waals surface area contributed by atoms with Crippen LogP contribution in [0.3, 0.4) is 0 Å². The highest BCUT2D eigenvalue weighted by atomic mass is 16.2. The van der Waals surface area contributed by atoms with E-state index in [0.717, 1.165) is 5.69 Å². The summed E-state index contributed by atoms with van der Waals surface area (Å²) in [6.45, 7) is 0. The van der Waals surface area contributed by atoms with Gasteiger partial charge in [0.25, 0.3) is 0 Å². The van der Waals surface area contributed by atoms with E-state index in [4.69, 9.17) is 5.73 Å². The van der Waals surface area contributed by atoms with Gasteiger partial charge in [0, 0.05) is 32.5 Å². The molecule has 0 spiro atoms. The normalized spacial score (nSPS) is 9.64. The number of nitrogens with two attached hydrogens (primary N) is 1. The molecule has 0 saturated carbocycles. The van der Waals surface area contributed by atoms with Crippen LogP contribution in [0.5, 0.6) is 0 Å². The van der Waals surface area contributed by atoms with E-state index in [0.29, 0.717) is 5.69 Å². The summed E-state index contributed by atoms with van der Waals surface area (Å²) in [5.74, 6) is 0. The van der Waals surface area contributed by atoms with Crippen LogP contribution in [0.2, 0.25) is 0 Å². The van der Waals surface area contributed by atoms with Crippen LogP contribution >= 0.6 is 0 Å². The van der Waals surface area contributed by atoms with Crippen molar-refractivity contribution in [1.82, 2.24) is 4.90 Å². The van der Waals surface area contributed by atoms with Crippen LogP contribution < -0.4 is 10.6 Å². The van der Waals surface area contributed by atoms with Crippen molar-refractivity contribution in [3.63, 3.8) is 0 Å². The second-order valence-electron chi connectivity index (χ2n) is 3.33. The molecule has 0 aromatic heterocycles. The quantitative estimate of drug-likeness (QED) is 0.685. The molecule has 2 amide bonds. The van der Waals surface area contributed by atoms with Gasteiger partial charge >= 0.3 is 6.03 Å². The van der Waals surface area contributed by atoms with Gasteiger partial charge in [-0.3, -0.25) is 4.90 Å². The standard InChI is InChI=1S/C10H15N3O/c1-12(2)10(14)13(3)9-6-4-8(11)5-7-9/h4-7H,11H2,1-3H3. The monoisotopic (exact) mass is 193 g/mol. The zero-order valence-electron chi connectivity index (χ0n) is 8.69. The summed E-state index contributed by atoms with van der Waals surface area (Å²) >= 11 is 0. The van der Waals surface area contributed by atoms with Crippen molar-refractivity contribution in [2.24, 2.45) is 0 Å². The molecule has 0 heterocycles. The Morgan fingerprint density at radius 3 is 2.07 bits per heavy atom. The highest BCUT2D eigenvalue weighted by Gasteiger charge is 2.11. The van der Waals surface area contributed by atoms with Crippen molar-refractivity contribution in [3.8, 4) is 0 Å². The SMILES string of the molecule is CN(C)C(=O)N(C)c1ccc(N)cc1. The van der Waals surface area contributed by atoms with Crippen molar-refractivity contribution in [2.75, 3.05) is 31.8 Å². The fourth-order valence-electron chi connectivity index (χ4n) is 1.11. The third-order valence-corrected chi connectivity index (χ3v) is 1.95. The second-order valence-corrected chi connectivity index (χ2v) is 3.33. The zero-order valence-corrected chi connectivity index (χ0v) is 8.69. The van der Waals surface area contributed by atoms with Gasteiger partial charge in [0.1, 0.15) is 0 Å². The third-order valence-electron chi connectivity index (χ3n) is 1.95. The first kappa shape index (κ1) is 10.4. The highest BCUT2D eigenvalue weighted by molar-refractivity contribution is 5.91. The zero-order chi connectivity index (χ0) is 10.7. The van der Waals surface area contributed by atoms with Crippen molar-refractivity contribution in [3.05, 3.63) is 24.3 Å². The first-order valence-corrected chi connectivity index (χ1v) is 4.33. The number of rotatable bonds is 1. The third kappa shape index (κ3) is 2.16. The number of anilines is 2. The molecule has 4 nitrogen and oxygen atoms in total. The average molecular weight is 193 g/mol. The Balaban J connectivity index is 2.84. The van der Waals surface area contributed by atoms with E-state index in [1.54, 1.807) is 38.2 Å². The number of amides is 2. The minimum atomic E-state index is -0.0604. The number of hydrogen-bond donors (Lipinski definition) is 1. The van der Waals surface area contributed by atoms with E-state index in [1.165, 1.54) is 4.90 Å². The van der Waals surface area contributed by atoms with Gasteiger partial charge in [0.15, 0.2) is 0 Å². The minimum absolute atomic E-state index is 0.0604. The van der Waals surface area contributed by atoms with Crippen molar-refractivity contribution >= 4 is 17.4 Å². The summed E-state index contributed by atoms with van der Waals surface area (Å²) in [5.41, 5.74) is 7.07. The molecular formula is C10H15N3O. The summed E-state index contributed by atoms with van der Waals surface area (Å²) in [4.78, 5) is 14.6. The van der Waals surface area contributed by atoms with Gasteiger partial charge in [-0.15, -0.1) is 0 Å². The van der Waals surface area contributed by atoms with Crippen LogP contribution in [0.1, 0.15) is 0 Å². The molecule has 2 N–H and O–H groups in total. The van der Waals surface area contributed by atoms with E-state index in [9.17, 15) is 4.79 Å². The number of urea groups is 1. The van der Waals surface area contributed by atoms with Crippen LogP contribution in [-0.4, -0.2) is 32.1 Å². The number of carbonyl (C=O) groups excluding carboxylic acids is 1. The van der Waals surface area contributed by atoms with Gasteiger partial charge in [-0.1, -0.05) is 0 Å². The molecule has 0 aliphatic heterocycles. The maximum atomic E-state index is 11.5. The Bertz CT molecular complexity index is 319. The molecule has 1 rings (SSSR count). The van der Waals surface area contributed by atoms with Crippen molar-refractivity contribution in [1.29, 1.82) is 0 Å². The van der Waals surface area contributed by atoms with Crippen molar-refractivity contribution in [2.45, 2.75) is 0 Å². The molecule has 1 aromatic carbocycles. The fraction of sp³-hybridized carbons (Fsp3) is 0.300. The molecule has 4 heteroatoms. The number of carbonyl (C=O) groups is 1. The first-order chi connectivity index (χ1) is 6.52. The predicted molar refractivity (Wildman–Crippen MR) is 58.3 cm³/mol. The Hall–Kier alpha value is -1.71. The molecule has 14 heavy (non-hydrogen) atoms. The van der Waals surface area contributed by atoms with Gasteiger partial charge in [-0.25, -0.2) is 4.79 Å². The van der Waals surface area contributed by atoms with Gasteiger partial charge in [-0.2, -0.15) is 0 Å². The molecule has 0 radical (unpaired) electrons. The van der Waals surface area contributed by atoms with E-state index < -0.39 is 0 Å². The van der Waals surface area contributed by atoms with Crippen LogP contribution in [0, 0.1) is 0 Å². The maximum Gasteiger partial charge on any atom is 0.323 e. The summed E-state index contributed by atoms with van der Waals surface area (Å²) in [7, 11) is 5.17. The van der Waals surface area contributed by atoms with Gasteiger partial charge in [0.05, 0.1) is 0 Å². The molecule has 1 aromatic rings. The summed E-state index contributed by atoms with van der Waals surface area (Å²) in [6, 6.07) is 7.12. The second kappa shape index (κ2) is 4.00. The average Bonchev–Trinajstić information content (AvgIpc) is 2.16. The van der Waals surface area contributed by atoms with Crippen molar-refractivity contribution < 1.29 is 4.79 Å². The number of nitrogen functional groups attached to an aromatic ring is 1. The van der Waals surface area contributed by atoms with Gasteiger partial charge < -0.3 is 10.6 Å². The lowest BCUT2D eigenvalue weighted by atomic mass is 10.3. The Kier molecular flexibility index (Phi) is 2.96. The maximum absolute atomic E-state index is 11.5. The van der Waals surface area contributed by atoms with E-state index in [2.05, 4.69) is 0 Å². The summed E-state index contributed by atoms with van der Waals surface area (Å²) in [5, 5.41) is 0. The molecule has 0 bridgehead atoms. The van der Waals surface area contributed by atoms with E-state index in [-0.39, 0.29) is 6.03 Å². The van der Waals surface area contributed by atoms with Crippen LogP contribution in [0.15, 0.2) is 24.3 Å². The molecule has 0 atom stereocenters. The lowest BCUT2D eigenvalue weighted by Crippen LogP contribution is -2.36. The topological polar surface area (TPSA) is 49.6 Å². The Morgan fingerprint density at radius 1 is 1.14 bits per heavy atom. The first-order valence-electron chi connectivity index (χ1n) is 4.33. The lowest BCUT2D eigenvalue weighted by molar-refractivity contribution is 0.225. The van der Waals surface area contributed by atoms with Gasteiger partial charge in [0.2, 0.25) is 0 Å². The Morgan fingerprint density at radius 2 is 1.64 bits per heavy atom. The molecule has 76 valence electrons. The van der Waals surface area contributed by atoms with E-state index in [1.807, 2.05) is 12.1 Å². The number of hydrogen-bond acceptors (Lipinski definition) is 2. The largest absolute Gasteiger partial charge is 0.399 e. The fourth-order valence-corrected chi connectivity index (χ4v) is 1.11. The predicted octanol–water partition coefficient (Wildman–Crippen LogP) is 1.39.